The zero-order valence-corrected chi connectivity index (χ0v) is 18.0. The number of anilines is 1. The van der Waals surface area contributed by atoms with E-state index in [0.29, 0.717) is 35.4 Å². The van der Waals surface area contributed by atoms with Crippen molar-refractivity contribution in [1.29, 1.82) is 0 Å². The molecule has 8 heteroatoms. The van der Waals surface area contributed by atoms with Crippen molar-refractivity contribution in [2.24, 2.45) is 10.7 Å². The summed E-state index contributed by atoms with van der Waals surface area (Å²) >= 11 is 6.09. The van der Waals surface area contributed by atoms with Crippen LogP contribution in [0.2, 0.25) is 5.02 Å². The molecule has 2 aromatic rings. The maximum atomic E-state index is 6.09. The Morgan fingerprint density at radius 2 is 1.77 bits per heavy atom. The fourth-order valence-electron chi connectivity index (χ4n) is 2.20. The van der Waals surface area contributed by atoms with Crippen LogP contribution in [0.3, 0.4) is 0 Å². The van der Waals surface area contributed by atoms with Crippen LogP contribution in [0.5, 0.6) is 17.2 Å². The molecular formula is C18H23ClIN3O3. The van der Waals surface area contributed by atoms with Crippen molar-refractivity contribution in [3.63, 3.8) is 0 Å². The van der Waals surface area contributed by atoms with Crippen LogP contribution >= 0.6 is 35.6 Å². The summed E-state index contributed by atoms with van der Waals surface area (Å²) in [6.07, 6.45) is 0. The quantitative estimate of drug-likeness (QED) is 0.343. The van der Waals surface area contributed by atoms with Gasteiger partial charge in [0.25, 0.3) is 0 Å². The number of hydrogen-bond donors (Lipinski definition) is 2. The first-order valence-corrected chi connectivity index (χ1v) is 8.15. The first-order valence-electron chi connectivity index (χ1n) is 7.77. The highest BCUT2D eigenvalue weighted by Crippen LogP contribution is 2.29. The SMILES string of the molecule is CCOc1cc(CN=C(N)Nc2ccc(OC)c(Cl)c2)ccc1OC.I. The van der Waals surface area contributed by atoms with Crippen molar-refractivity contribution in [3.8, 4) is 17.2 Å². The Morgan fingerprint density at radius 1 is 1.08 bits per heavy atom. The molecule has 2 aromatic carbocycles. The smallest absolute Gasteiger partial charge is 0.193 e. The minimum Gasteiger partial charge on any atom is -0.495 e. The van der Waals surface area contributed by atoms with E-state index < -0.39 is 0 Å². The topological polar surface area (TPSA) is 78.1 Å². The number of nitrogens with one attached hydrogen (secondary N) is 1. The highest BCUT2D eigenvalue weighted by molar-refractivity contribution is 14.0. The molecule has 26 heavy (non-hydrogen) atoms. The number of guanidine groups is 1. The first kappa shape index (κ1) is 22.2. The van der Waals surface area contributed by atoms with Gasteiger partial charge in [0.15, 0.2) is 17.5 Å². The average Bonchev–Trinajstić information content (AvgIpc) is 2.60. The van der Waals surface area contributed by atoms with Crippen LogP contribution in [0.4, 0.5) is 5.69 Å². The van der Waals surface area contributed by atoms with E-state index in [1.807, 2.05) is 31.2 Å². The fraction of sp³-hybridized carbons (Fsp3) is 0.278. The van der Waals surface area contributed by atoms with Crippen molar-refractivity contribution in [2.45, 2.75) is 13.5 Å². The molecule has 2 rings (SSSR count). The van der Waals surface area contributed by atoms with Gasteiger partial charge in [0.05, 0.1) is 32.4 Å². The molecule has 3 N–H and O–H groups in total. The molecule has 0 heterocycles. The third-order valence-corrected chi connectivity index (χ3v) is 3.68. The Balaban J connectivity index is 0.00000338. The van der Waals surface area contributed by atoms with E-state index in [9.17, 15) is 0 Å². The highest BCUT2D eigenvalue weighted by atomic mass is 127. The summed E-state index contributed by atoms with van der Waals surface area (Å²) in [6.45, 7) is 2.89. The van der Waals surface area contributed by atoms with E-state index >= 15 is 0 Å². The summed E-state index contributed by atoms with van der Waals surface area (Å²) in [5.74, 6) is 2.26. The number of benzene rings is 2. The predicted octanol–water partition coefficient (Wildman–Crippen LogP) is 4.30. The van der Waals surface area contributed by atoms with Crippen molar-refractivity contribution in [1.82, 2.24) is 0 Å². The minimum atomic E-state index is 0. The Hall–Kier alpha value is -1.87. The summed E-state index contributed by atoms with van der Waals surface area (Å²) in [5.41, 5.74) is 7.63. The normalized spacial score (nSPS) is 10.7. The second-order valence-electron chi connectivity index (χ2n) is 5.09. The predicted molar refractivity (Wildman–Crippen MR) is 117 cm³/mol. The zero-order chi connectivity index (χ0) is 18.2. The minimum absolute atomic E-state index is 0. The van der Waals surface area contributed by atoms with Gasteiger partial charge in [-0.15, -0.1) is 24.0 Å². The molecule has 0 atom stereocenters. The molecule has 0 radical (unpaired) electrons. The maximum Gasteiger partial charge on any atom is 0.193 e. The second kappa shape index (κ2) is 11.0. The van der Waals surface area contributed by atoms with Gasteiger partial charge in [-0.2, -0.15) is 0 Å². The van der Waals surface area contributed by atoms with E-state index in [4.69, 9.17) is 31.5 Å². The molecule has 0 aliphatic rings. The summed E-state index contributed by atoms with van der Waals surface area (Å²) in [5, 5.41) is 3.50. The summed E-state index contributed by atoms with van der Waals surface area (Å²) in [7, 11) is 3.17. The molecule has 0 bridgehead atoms. The number of nitrogens with zero attached hydrogens (tertiary/aromatic N) is 1. The van der Waals surface area contributed by atoms with Gasteiger partial charge in [-0.3, -0.25) is 0 Å². The Bertz CT molecular complexity index is 756. The number of nitrogens with two attached hydrogens (primary N) is 1. The molecular weight excluding hydrogens is 469 g/mol. The van der Waals surface area contributed by atoms with Crippen molar-refractivity contribution >= 4 is 47.2 Å². The molecule has 0 aromatic heterocycles. The number of rotatable bonds is 7. The molecule has 142 valence electrons. The van der Waals surface area contributed by atoms with E-state index in [2.05, 4.69) is 10.3 Å². The Kier molecular flexibility index (Phi) is 9.36. The molecule has 0 aliphatic carbocycles. The summed E-state index contributed by atoms with van der Waals surface area (Å²) < 4.78 is 15.9. The van der Waals surface area contributed by atoms with E-state index in [-0.39, 0.29) is 29.9 Å². The first-order chi connectivity index (χ1) is 12.1. The lowest BCUT2D eigenvalue weighted by molar-refractivity contribution is 0.310. The number of hydrogen-bond acceptors (Lipinski definition) is 4. The molecule has 0 amide bonds. The van der Waals surface area contributed by atoms with Crippen LogP contribution in [0.1, 0.15) is 12.5 Å². The lowest BCUT2D eigenvalue weighted by Crippen LogP contribution is -2.22. The van der Waals surface area contributed by atoms with E-state index in [1.54, 1.807) is 26.4 Å². The molecule has 0 saturated heterocycles. The van der Waals surface area contributed by atoms with Crippen LogP contribution < -0.4 is 25.3 Å². The molecule has 0 spiro atoms. The van der Waals surface area contributed by atoms with Crippen LogP contribution in [-0.4, -0.2) is 26.8 Å². The zero-order valence-electron chi connectivity index (χ0n) is 14.9. The van der Waals surface area contributed by atoms with Crippen molar-refractivity contribution < 1.29 is 14.2 Å². The average molecular weight is 492 g/mol. The summed E-state index contributed by atoms with van der Waals surface area (Å²) in [6, 6.07) is 11.0. The number of ether oxygens (including phenoxy) is 3. The molecule has 0 fully saturated rings. The van der Waals surface area contributed by atoms with Crippen LogP contribution in [-0.2, 0) is 6.54 Å². The second-order valence-corrected chi connectivity index (χ2v) is 5.50. The fourth-order valence-corrected chi connectivity index (χ4v) is 2.45. The van der Waals surface area contributed by atoms with Gasteiger partial charge in [0, 0.05) is 5.69 Å². The van der Waals surface area contributed by atoms with Gasteiger partial charge in [0.2, 0.25) is 0 Å². The third kappa shape index (κ3) is 6.14. The molecule has 0 saturated carbocycles. The van der Waals surface area contributed by atoms with Crippen molar-refractivity contribution in [3.05, 3.63) is 47.0 Å². The Labute approximate surface area is 175 Å². The highest BCUT2D eigenvalue weighted by Gasteiger charge is 2.06. The number of aliphatic imine (C=N–C) groups is 1. The molecule has 6 nitrogen and oxygen atoms in total. The van der Waals surface area contributed by atoms with E-state index in [1.165, 1.54) is 0 Å². The van der Waals surface area contributed by atoms with Gasteiger partial charge >= 0.3 is 0 Å². The van der Waals surface area contributed by atoms with Gasteiger partial charge < -0.3 is 25.3 Å². The molecule has 0 aliphatic heterocycles. The van der Waals surface area contributed by atoms with Gasteiger partial charge in [-0.25, -0.2) is 4.99 Å². The number of methoxy groups -OCH3 is 2. The van der Waals surface area contributed by atoms with Gasteiger partial charge in [-0.1, -0.05) is 17.7 Å². The lowest BCUT2D eigenvalue weighted by atomic mass is 10.2. The van der Waals surface area contributed by atoms with Gasteiger partial charge in [-0.05, 0) is 42.8 Å². The van der Waals surface area contributed by atoms with Crippen LogP contribution in [0.15, 0.2) is 41.4 Å². The lowest BCUT2D eigenvalue weighted by Gasteiger charge is -2.11. The maximum absolute atomic E-state index is 6.09. The third-order valence-electron chi connectivity index (χ3n) is 3.38. The van der Waals surface area contributed by atoms with Crippen molar-refractivity contribution in [2.75, 3.05) is 26.1 Å². The number of halogens is 2. The Morgan fingerprint density at radius 3 is 2.38 bits per heavy atom. The monoisotopic (exact) mass is 491 g/mol. The van der Waals surface area contributed by atoms with Gasteiger partial charge in [0.1, 0.15) is 5.75 Å². The largest absolute Gasteiger partial charge is 0.495 e. The molecule has 0 unspecified atom stereocenters. The van der Waals surface area contributed by atoms with Crippen LogP contribution in [0.25, 0.3) is 0 Å². The van der Waals surface area contributed by atoms with E-state index in [0.717, 1.165) is 11.3 Å². The standard InChI is InChI=1S/C18H22ClN3O3.HI/c1-4-25-17-9-12(5-7-16(17)24-3)11-21-18(20)22-13-6-8-15(23-2)14(19)10-13;/h5-10H,4,11H2,1-3H3,(H3,20,21,22);1H. The summed E-state index contributed by atoms with van der Waals surface area (Å²) in [4.78, 5) is 4.33. The van der Waals surface area contributed by atoms with Crippen LogP contribution in [0, 0.1) is 0 Å².